The van der Waals surface area contributed by atoms with E-state index in [0.29, 0.717) is 19.1 Å². The van der Waals surface area contributed by atoms with Crippen LogP contribution in [0.25, 0.3) is 0 Å². The maximum absolute atomic E-state index is 8.94. The Labute approximate surface area is 120 Å². The van der Waals surface area contributed by atoms with Crippen molar-refractivity contribution in [2.75, 3.05) is 36.5 Å². The number of aromatic nitrogens is 2. The summed E-state index contributed by atoms with van der Waals surface area (Å²) in [5.41, 5.74) is 0. The molecule has 0 saturated carbocycles. The SMILES string of the molecule is CCCNc1ncc(Br)c(N2CCOC(C#N)C2)n1. The van der Waals surface area contributed by atoms with E-state index in [1.165, 1.54) is 0 Å². The second kappa shape index (κ2) is 6.68. The highest BCUT2D eigenvalue weighted by Gasteiger charge is 2.23. The number of rotatable bonds is 4. The Morgan fingerprint density at radius 1 is 1.68 bits per heavy atom. The normalized spacial score (nSPS) is 19.0. The maximum atomic E-state index is 8.94. The molecule has 19 heavy (non-hydrogen) atoms. The van der Waals surface area contributed by atoms with Gasteiger partial charge in [-0.15, -0.1) is 0 Å². The zero-order valence-corrected chi connectivity index (χ0v) is 12.4. The first-order valence-corrected chi connectivity index (χ1v) is 7.06. The highest BCUT2D eigenvalue weighted by Crippen LogP contribution is 2.25. The first kappa shape index (κ1) is 14.0. The van der Waals surface area contributed by atoms with Gasteiger partial charge in [0.05, 0.1) is 23.7 Å². The van der Waals surface area contributed by atoms with Crippen LogP contribution in [0.2, 0.25) is 0 Å². The number of halogens is 1. The van der Waals surface area contributed by atoms with Crippen LogP contribution in [0, 0.1) is 11.3 Å². The Balaban J connectivity index is 2.16. The maximum Gasteiger partial charge on any atom is 0.224 e. The van der Waals surface area contributed by atoms with Gasteiger partial charge in [0.25, 0.3) is 0 Å². The van der Waals surface area contributed by atoms with Gasteiger partial charge in [0.2, 0.25) is 5.95 Å². The van der Waals surface area contributed by atoms with E-state index in [0.717, 1.165) is 29.8 Å². The van der Waals surface area contributed by atoms with Crippen LogP contribution in [0.15, 0.2) is 10.7 Å². The molecule has 0 radical (unpaired) electrons. The van der Waals surface area contributed by atoms with Crippen molar-refractivity contribution in [2.45, 2.75) is 19.4 Å². The average molecular weight is 326 g/mol. The second-order valence-electron chi connectivity index (χ2n) is 4.23. The first-order chi connectivity index (χ1) is 9.24. The molecular formula is C12H16BrN5O. The molecule has 1 aromatic rings. The fraction of sp³-hybridized carbons (Fsp3) is 0.583. The molecular weight excluding hydrogens is 310 g/mol. The number of hydrogen-bond acceptors (Lipinski definition) is 6. The number of anilines is 2. The van der Waals surface area contributed by atoms with E-state index >= 15 is 0 Å². The highest BCUT2D eigenvalue weighted by molar-refractivity contribution is 9.10. The summed E-state index contributed by atoms with van der Waals surface area (Å²) in [5.74, 6) is 1.41. The Hall–Kier alpha value is -1.39. The Morgan fingerprint density at radius 3 is 3.26 bits per heavy atom. The molecule has 1 fully saturated rings. The third-order valence-corrected chi connectivity index (χ3v) is 3.33. The number of hydrogen-bond donors (Lipinski definition) is 1. The predicted molar refractivity (Wildman–Crippen MR) is 76.1 cm³/mol. The molecule has 1 atom stereocenters. The topological polar surface area (TPSA) is 74.1 Å². The predicted octanol–water partition coefficient (Wildman–Crippen LogP) is 1.79. The number of morpholine rings is 1. The van der Waals surface area contributed by atoms with Gasteiger partial charge in [-0.05, 0) is 22.4 Å². The molecule has 1 aromatic heterocycles. The number of nitriles is 1. The molecule has 1 aliphatic rings. The number of nitrogens with zero attached hydrogens (tertiary/aromatic N) is 4. The summed E-state index contributed by atoms with van der Waals surface area (Å²) in [6.45, 7) is 4.71. The number of nitrogens with one attached hydrogen (secondary N) is 1. The minimum absolute atomic E-state index is 0.400. The van der Waals surface area contributed by atoms with Crippen LogP contribution < -0.4 is 10.2 Å². The van der Waals surface area contributed by atoms with E-state index < -0.39 is 6.10 Å². The van der Waals surface area contributed by atoms with Crippen molar-refractivity contribution in [2.24, 2.45) is 0 Å². The molecule has 0 spiro atoms. The summed E-state index contributed by atoms with van der Waals surface area (Å²) in [5, 5.41) is 12.1. The lowest BCUT2D eigenvalue weighted by Gasteiger charge is -2.31. The largest absolute Gasteiger partial charge is 0.360 e. The van der Waals surface area contributed by atoms with Crippen molar-refractivity contribution in [1.29, 1.82) is 5.26 Å². The average Bonchev–Trinajstić information content (AvgIpc) is 2.46. The number of ether oxygens (including phenoxy) is 1. The molecule has 1 N–H and O–H groups in total. The molecule has 1 aliphatic heterocycles. The van der Waals surface area contributed by atoms with E-state index in [1.54, 1.807) is 6.20 Å². The Morgan fingerprint density at radius 2 is 2.53 bits per heavy atom. The molecule has 0 bridgehead atoms. The van der Waals surface area contributed by atoms with Crippen LogP contribution in [0.3, 0.4) is 0 Å². The van der Waals surface area contributed by atoms with Gasteiger partial charge < -0.3 is 15.0 Å². The summed E-state index contributed by atoms with van der Waals surface area (Å²) < 4.78 is 6.16. The Kier molecular flexibility index (Phi) is 4.93. The minimum atomic E-state index is -0.400. The zero-order chi connectivity index (χ0) is 13.7. The van der Waals surface area contributed by atoms with E-state index in [2.05, 4.69) is 44.2 Å². The third-order valence-electron chi connectivity index (χ3n) is 2.77. The van der Waals surface area contributed by atoms with Crippen molar-refractivity contribution in [3.05, 3.63) is 10.7 Å². The van der Waals surface area contributed by atoms with Crippen LogP contribution in [-0.4, -0.2) is 42.3 Å². The highest BCUT2D eigenvalue weighted by atomic mass is 79.9. The lowest BCUT2D eigenvalue weighted by molar-refractivity contribution is 0.0761. The van der Waals surface area contributed by atoms with Crippen molar-refractivity contribution in [3.8, 4) is 6.07 Å². The summed E-state index contributed by atoms with van der Waals surface area (Å²) in [6.07, 6.45) is 2.35. The first-order valence-electron chi connectivity index (χ1n) is 6.27. The smallest absolute Gasteiger partial charge is 0.224 e. The lowest BCUT2D eigenvalue weighted by atomic mass is 10.3. The molecule has 102 valence electrons. The molecule has 2 rings (SSSR count). The molecule has 0 amide bonds. The molecule has 1 unspecified atom stereocenters. The van der Waals surface area contributed by atoms with Crippen molar-refractivity contribution < 1.29 is 4.74 Å². The quantitative estimate of drug-likeness (QED) is 0.909. The summed E-state index contributed by atoms with van der Waals surface area (Å²) in [7, 11) is 0. The third kappa shape index (κ3) is 3.55. The van der Waals surface area contributed by atoms with Crippen LogP contribution >= 0.6 is 15.9 Å². The van der Waals surface area contributed by atoms with Gasteiger partial charge in [-0.3, -0.25) is 0 Å². The lowest BCUT2D eigenvalue weighted by Crippen LogP contribution is -2.42. The van der Waals surface area contributed by atoms with E-state index in [9.17, 15) is 0 Å². The second-order valence-corrected chi connectivity index (χ2v) is 5.08. The monoisotopic (exact) mass is 325 g/mol. The molecule has 7 heteroatoms. The Bertz CT molecular complexity index is 476. The molecule has 0 aliphatic carbocycles. The van der Waals surface area contributed by atoms with Crippen LogP contribution in [0.1, 0.15) is 13.3 Å². The van der Waals surface area contributed by atoms with Crippen molar-refractivity contribution in [1.82, 2.24) is 9.97 Å². The summed E-state index contributed by atoms with van der Waals surface area (Å²) >= 11 is 3.46. The van der Waals surface area contributed by atoms with Crippen molar-refractivity contribution >= 4 is 27.7 Å². The molecule has 0 aromatic carbocycles. The van der Waals surface area contributed by atoms with Gasteiger partial charge in [-0.2, -0.15) is 10.2 Å². The summed E-state index contributed by atoms with van der Waals surface area (Å²) in [6, 6.07) is 2.13. The fourth-order valence-electron chi connectivity index (χ4n) is 1.82. The van der Waals surface area contributed by atoms with Gasteiger partial charge in [0, 0.05) is 19.3 Å². The van der Waals surface area contributed by atoms with Crippen LogP contribution in [0.4, 0.5) is 11.8 Å². The van der Waals surface area contributed by atoms with Crippen LogP contribution in [0.5, 0.6) is 0 Å². The van der Waals surface area contributed by atoms with E-state index in [-0.39, 0.29) is 0 Å². The molecule has 6 nitrogen and oxygen atoms in total. The standard InChI is InChI=1S/C12H16BrN5O/c1-2-3-15-12-16-7-10(13)11(17-12)18-4-5-19-9(6-14)8-18/h7,9H,2-5,8H2,1H3,(H,15,16,17). The summed E-state index contributed by atoms with van der Waals surface area (Å²) in [4.78, 5) is 10.8. The van der Waals surface area contributed by atoms with Gasteiger partial charge >= 0.3 is 0 Å². The van der Waals surface area contributed by atoms with Gasteiger partial charge in [0.1, 0.15) is 5.82 Å². The van der Waals surface area contributed by atoms with Gasteiger partial charge in [-0.1, -0.05) is 6.92 Å². The van der Waals surface area contributed by atoms with Crippen LogP contribution in [-0.2, 0) is 4.74 Å². The molecule has 1 saturated heterocycles. The zero-order valence-electron chi connectivity index (χ0n) is 10.8. The van der Waals surface area contributed by atoms with E-state index in [1.807, 2.05) is 4.90 Å². The molecule has 2 heterocycles. The van der Waals surface area contributed by atoms with Crippen molar-refractivity contribution in [3.63, 3.8) is 0 Å². The fourth-order valence-corrected chi connectivity index (χ4v) is 2.26. The van der Waals surface area contributed by atoms with Gasteiger partial charge in [0.15, 0.2) is 6.10 Å². The van der Waals surface area contributed by atoms with E-state index in [4.69, 9.17) is 10.00 Å². The minimum Gasteiger partial charge on any atom is -0.360 e. The van der Waals surface area contributed by atoms with Gasteiger partial charge in [-0.25, -0.2) is 4.98 Å².